The lowest BCUT2D eigenvalue weighted by atomic mass is 10.1. The van der Waals surface area contributed by atoms with Gasteiger partial charge in [0.1, 0.15) is 17.5 Å². The number of amides is 1. The number of carbonyl (C=O) groups is 1. The van der Waals surface area contributed by atoms with Crippen LogP contribution in [0.1, 0.15) is 11.8 Å². The van der Waals surface area contributed by atoms with E-state index in [4.69, 9.17) is 9.47 Å². The molecule has 4 aromatic rings. The first-order valence-corrected chi connectivity index (χ1v) is 10.7. The number of para-hydroxylation sites is 1. The molecule has 1 atom stereocenters. The van der Waals surface area contributed by atoms with Gasteiger partial charge in [-0.15, -0.1) is 0 Å². The molecule has 1 fully saturated rings. The van der Waals surface area contributed by atoms with E-state index in [2.05, 4.69) is 16.7 Å². The summed E-state index contributed by atoms with van der Waals surface area (Å²) >= 11 is 0. The van der Waals surface area contributed by atoms with Gasteiger partial charge in [0.2, 0.25) is 5.91 Å². The molecule has 2 aromatic heterocycles. The van der Waals surface area contributed by atoms with Crippen LogP contribution in [0.25, 0.3) is 16.6 Å². The summed E-state index contributed by atoms with van der Waals surface area (Å²) in [7, 11) is 0. The number of nitrogens with zero attached hydrogens (tertiary/aromatic N) is 4. The number of rotatable bonds is 5. The van der Waals surface area contributed by atoms with Gasteiger partial charge in [0.15, 0.2) is 23.2 Å². The predicted octanol–water partition coefficient (Wildman–Crippen LogP) is 4.72. The molecule has 178 valence electrons. The van der Waals surface area contributed by atoms with Crippen LogP contribution in [0.2, 0.25) is 0 Å². The summed E-state index contributed by atoms with van der Waals surface area (Å²) in [6, 6.07) is 9.71. The van der Waals surface area contributed by atoms with Crippen molar-refractivity contribution >= 4 is 16.8 Å². The summed E-state index contributed by atoms with van der Waals surface area (Å²) in [5.74, 6) is -2.77. The third kappa shape index (κ3) is 4.24. The number of ether oxygens (including phenoxy) is 2. The van der Waals surface area contributed by atoms with Gasteiger partial charge in [0, 0.05) is 6.54 Å². The minimum Gasteiger partial charge on any atom is -0.451 e. The van der Waals surface area contributed by atoms with Crippen molar-refractivity contribution in [3.05, 3.63) is 90.7 Å². The Kier molecular flexibility index (Phi) is 5.96. The molecular weight excluding hydrogens is 461 g/mol. The average molecular weight is 480 g/mol. The lowest BCUT2D eigenvalue weighted by molar-refractivity contribution is -0.133. The van der Waals surface area contributed by atoms with Gasteiger partial charge in [-0.1, -0.05) is 12.6 Å². The van der Waals surface area contributed by atoms with Crippen molar-refractivity contribution in [3.63, 3.8) is 0 Å². The van der Waals surface area contributed by atoms with Crippen LogP contribution in [-0.4, -0.2) is 45.3 Å². The number of carbonyl (C=O) groups excluding carboxylic acids is 1. The first-order chi connectivity index (χ1) is 17.0. The largest absolute Gasteiger partial charge is 0.451 e. The van der Waals surface area contributed by atoms with Crippen LogP contribution in [0.4, 0.5) is 13.2 Å². The van der Waals surface area contributed by atoms with Gasteiger partial charge in [-0.2, -0.15) is 5.10 Å². The Balaban J connectivity index is 1.50. The van der Waals surface area contributed by atoms with E-state index in [-0.39, 0.29) is 30.2 Å². The van der Waals surface area contributed by atoms with Gasteiger partial charge in [0.25, 0.3) is 0 Å². The van der Waals surface area contributed by atoms with Gasteiger partial charge in [-0.3, -0.25) is 9.78 Å². The van der Waals surface area contributed by atoms with Crippen LogP contribution in [0, 0.1) is 17.5 Å². The van der Waals surface area contributed by atoms with Crippen LogP contribution < -0.4 is 4.74 Å². The molecule has 2 aromatic carbocycles. The van der Waals surface area contributed by atoms with Gasteiger partial charge in [-0.05, 0) is 42.5 Å². The minimum atomic E-state index is -0.824. The van der Waals surface area contributed by atoms with E-state index in [1.807, 2.05) is 0 Å². The van der Waals surface area contributed by atoms with Crippen molar-refractivity contribution in [2.45, 2.75) is 6.10 Å². The molecule has 7 nitrogen and oxygen atoms in total. The molecule has 1 saturated heterocycles. The smallest absolute Gasteiger partial charge is 0.246 e. The number of fused-ring (bicyclic) bond motifs is 1. The lowest BCUT2D eigenvalue weighted by Gasteiger charge is -2.31. The highest BCUT2D eigenvalue weighted by Crippen LogP contribution is 2.33. The Morgan fingerprint density at radius 1 is 1.09 bits per heavy atom. The van der Waals surface area contributed by atoms with Gasteiger partial charge >= 0.3 is 0 Å². The van der Waals surface area contributed by atoms with Crippen molar-refractivity contribution in [1.82, 2.24) is 19.7 Å². The molecule has 35 heavy (non-hydrogen) atoms. The first kappa shape index (κ1) is 22.6. The summed E-state index contributed by atoms with van der Waals surface area (Å²) in [6.07, 6.45) is 3.14. The fourth-order valence-corrected chi connectivity index (χ4v) is 3.97. The summed E-state index contributed by atoms with van der Waals surface area (Å²) in [5.41, 5.74) is 1.25. The Hall–Kier alpha value is -4.18. The lowest BCUT2D eigenvalue weighted by Crippen LogP contribution is -2.41. The predicted molar refractivity (Wildman–Crippen MR) is 121 cm³/mol. The number of halogens is 3. The molecule has 1 amide bonds. The maximum atomic E-state index is 14.9. The van der Waals surface area contributed by atoms with E-state index in [1.54, 1.807) is 17.0 Å². The van der Waals surface area contributed by atoms with Crippen molar-refractivity contribution < 1.29 is 27.4 Å². The molecule has 0 aliphatic carbocycles. The highest BCUT2D eigenvalue weighted by Gasteiger charge is 2.30. The summed E-state index contributed by atoms with van der Waals surface area (Å²) in [5, 5.41) is 4.82. The van der Waals surface area contributed by atoms with Crippen LogP contribution in [0.3, 0.4) is 0 Å². The quantitative estimate of drug-likeness (QED) is 0.387. The zero-order chi connectivity index (χ0) is 24.5. The van der Waals surface area contributed by atoms with Crippen molar-refractivity contribution in [2.75, 3.05) is 19.7 Å². The SMILES string of the molecule is C=CC(=O)N1CCO[C@H](c2nn(-c3ccc(Oc4c(F)cccc4F)cc3)c3cncc(F)c23)C1. The molecule has 0 bridgehead atoms. The maximum Gasteiger partial charge on any atom is 0.246 e. The van der Waals surface area contributed by atoms with Crippen molar-refractivity contribution in [2.24, 2.45) is 0 Å². The number of aromatic nitrogens is 3. The van der Waals surface area contributed by atoms with Gasteiger partial charge in [-0.25, -0.2) is 17.9 Å². The number of hydrogen-bond acceptors (Lipinski definition) is 5. The molecule has 3 heterocycles. The summed E-state index contributed by atoms with van der Waals surface area (Å²) < 4.78 is 55.4. The van der Waals surface area contributed by atoms with Gasteiger partial charge < -0.3 is 14.4 Å². The molecule has 1 aliphatic rings. The van der Waals surface area contributed by atoms with Gasteiger partial charge in [0.05, 0.1) is 42.1 Å². The van der Waals surface area contributed by atoms with Crippen LogP contribution in [-0.2, 0) is 9.53 Å². The molecule has 0 spiro atoms. The highest BCUT2D eigenvalue weighted by molar-refractivity contribution is 5.87. The average Bonchev–Trinajstić information content (AvgIpc) is 3.27. The summed E-state index contributed by atoms with van der Waals surface area (Å²) in [6.45, 7) is 4.37. The molecule has 0 saturated carbocycles. The zero-order valence-electron chi connectivity index (χ0n) is 18.3. The Bertz CT molecular complexity index is 1400. The fourth-order valence-electron chi connectivity index (χ4n) is 3.97. The monoisotopic (exact) mass is 480 g/mol. The maximum absolute atomic E-state index is 14.9. The molecule has 5 rings (SSSR count). The van der Waals surface area contributed by atoms with Crippen molar-refractivity contribution in [1.29, 1.82) is 0 Å². The number of pyridine rings is 1. The van der Waals surface area contributed by atoms with E-state index in [1.165, 1.54) is 35.2 Å². The van der Waals surface area contributed by atoms with E-state index >= 15 is 0 Å². The van der Waals surface area contributed by atoms with Crippen molar-refractivity contribution in [3.8, 4) is 17.2 Å². The van der Waals surface area contributed by atoms with Crippen LogP contribution >= 0.6 is 0 Å². The first-order valence-electron chi connectivity index (χ1n) is 10.7. The molecule has 1 aliphatic heterocycles. The second kappa shape index (κ2) is 9.22. The molecular formula is C25H19F3N4O3. The zero-order valence-corrected chi connectivity index (χ0v) is 18.3. The Labute approximate surface area is 198 Å². The second-order valence-corrected chi connectivity index (χ2v) is 7.81. The molecule has 10 heteroatoms. The van der Waals surface area contributed by atoms with E-state index in [9.17, 15) is 18.0 Å². The molecule has 0 radical (unpaired) electrons. The Morgan fingerprint density at radius 3 is 2.54 bits per heavy atom. The van der Waals surface area contributed by atoms with Crippen LogP contribution in [0.5, 0.6) is 11.5 Å². The van der Waals surface area contributed by atoms with E-state index in [0.29, 0.717) is 23.4 Å². The number of morpholine rings is 1. The number of hydrogen-bond donors (Lipinski definition) is 0. The minimum absolute atomic E-state index is 0.194. The normalized spacial score (nSPS) is 15.9. The molecule has 0 N–H and O–H groups in total. The highest BCUT2D eigenvalue weighted by atomic mass is 19.1. The summed E-state index contributed by atoms with van der Waals surface area (Å²) in [4.78, 5) is 17.6. The third-order valence-corrected chi connectivity index (χ3v) is 5.65. The fraction of sp³-hybridized carbons (Fsp3) is 0.160. The van der Waals surface area contributed by atoms with E-state index < -0.39 is 29.3 Å². The standard InChI is InChI=1S/C25H19F3N4O3/c1-2-22(33)31-10-11-34-21(14-31)24-23-19(28)12-29-13-20(23)32(30-24)15-6-8-16(9-7-15)35-25-17(26)4-3-5-18(25)27/h2-9,12-13,21H,1,10-11,14H2/t21-/m0/s1. The van der Waals surface area contributed by atoms with Crippen LogP contribution in [0.15, 0.2) is 67.5 Å². The molecule has 0 unspecified atom stereocenters. The third-order valence-electron chi connectivity index (χ3n) is 5.65. The van der Waals surface area contributed by atoms with E-state index in [0.717, 1.165) is 18.3 Å². The second-order valence-electron chi connectivity index (χ2n) is 7.81. The Morgan fingerprint density at radius 2 is 1.83 bits per heavy atom. The number of benzene rings is 2. The topological polar surface area (TPSA) is 69.5 Å².